The first kappa shape index (κ1) is 14.7. The number of hydrogen-bond acceptors (Lipinski definition) is 5. The number of rotatable bonds is 4. The van der Waals surface area contributed by atoms with Crippen LogP contribution in [0.4, 0.5) is 10.7 Å². The lowest BCUT2D eigenvalue weighted by Crippen LogP contribution is -2.33. The Balaban J connectivity index is 2.36. The van der Waals surface area contributed by atoms with E-state index in [1.54, 1.807) is 14.1 Å². The molecule has 0 atom stereocenters. The minimum atomic E-state index is -0.165. The van der Waals surface area contributed by atoms with Gasteiger partial charge in [0.25, 0.3) is 5.91 Å². The van der Waals surface area contributed by atoms with Gasteiger partial charge in [0.15, 0.2) is 0 Å². The van der Waals surface area contributed by atoms with Crippen LogP contribution >= 0.6 is 11.3 Å². The molecule has 1 heterocycles. The molecule has 20 heavy (non-hydrogen) atoms. The van der Waals surface area contributed by atoms with Crippen molar-refractivity contribution in [2.24, 2.45) is 5.92 Å². The Morgan fingerprint density at radius 1 is 1.50 bits per heavy atom. The molecule has 0 spiro atoms. The molecule has 0 radical (unpaired) electrons. The second-order valence-corrected chi connectivity index (χ2v) is 7.00. The van der Waals surface area contributed by atoms with Crippen LogP contribution in [0.15, 0.2) is 0 Å². The average molecular weight is 292 g/mol. The van der Waals surface area contributed by atoms with Crippen LogP contribution in [0.25, 0.3) is 0 Å². The molecule has 1 aliphatic rings. The fraction of sp³-hybridized carbons (Fsp3) is 0.571. The molecule has 0 saturated heterocycles. The third-order valence-corrected chi connectivity index (χ3v) is 4.80. The first-order valence-electron chi connectivity index (χ1n) is 6.60. The highest BCUT2D eigenvalue weighted by Crippen LogP contribution is 2.44. The number of nitrogens with one attached hydrogen (secondary N) is 1. The summed E-state index contributed by atoms with van der Waals surface area (Å²) >= 11 is 1.27. The Morgan fingerprint density at radius 3 is 2.55 bits per heavy atom. The van der Waals surface area contributed by atoms with Crippen molar-refractivity contribution in [3.8, 4) is 6.07 Å². The van der Waals surface area contributed by atoms with Crippen LogP contribution in [0, 0.1) is 17.2 Å². The summed E-state index contributed by atoms with van der Waals surface area (Å²) in [5, 5.41) is 13.4. The highest BCUT2D eigenvalue weighted by atomic mass is 32.1. The van der Waals surface area contributed by atoms with Crippen molar-refractivity contribution in [3.63, 3.8) is 0 Å². The van der Waals surface area contributed by atoms with Gasteiger partial charge in [-0.05, 0) is 32.6 Å². The van der Waals surface area contributed by atoms with Gasteiger partial charge in [0, 0.05) is 19.6 Å². The summed E-state index contributed by atoms with van der Waals surface area (Å²) in [5.74, 6) is 0.451. The van der Waals surface area contributed by atoms with Crippen LogP contribution in [-0.4, -0.2) is 30.4 Å². The Morgan fingerprint density at radius 2 is 2.10 bits per heavy atom. The number of nitrogen functional groups attached to an aromatic ring is 1. The molecule has 1 aliphatic carbocycles. The van der Waals surface area contributed by atoms with Crippen LogP contribution in [0.2, 0.25) is 0 Å². The number of nitrogens with two attached hydrogens (primary N) is 1. The molecule has 0 aliphatic heterocycles. The van der Waals surface area contributed by atoms with Gasteiger partial charge in [-0.25, -0.2) is 0 Å². The second kappa shape index (κ2) is 4.98. The predicted molar refractivity (Wildman–Crippen MR) is 81.9 cm³/mol. The van der Waals surface area contributed by atoms with Gasteiger partial charge < -0.3 is 16.0 Å². The van der Waals surface area contributed by atoms with Crippen LogP contribution in [0.1, 0.15) is 41.9 Å². The van der Waals surface area contributed by atoms with E-state index in [-0.39, 0.29) is 17.1 Å². The van der Waals surface area contributed by atoms with Crippen LogP contribution in [-0.2, 0) is 0 Å². The van der Waals surface area contributed by atoms with E-state index in [9.17, 15) is 10.1 Å². The van der Waals surface area contributed by atoms with E-state index < -0.39 is 0 Å². The maximum Gasteiger partial charge on any atom is 0.265 e. The highest BCUT2D eigenvalue weighted by molar-refractivity contribution is 7.19. The molecule has 5 nitrogen and oxygen atoms in total. The molecule has 1 fully saturated rings. The van der Waals surface area contributed by atoms with Crippen molar-refractivity contribution in [1.82, 2.24) is 4.90 Å². The number of anilines is 2. The van der Waals surface area contributed by atoms with Crippen molar-refractivity contribution < 1.29 is 4.79 Å². The van der Waals surface area contributed by atoms with Crippen molar-refractivity contribution in [2.75, 3.05) is 25.1 Å². The van der Waals surface area contributed by atoms with Gasteiger partial charge in [-0.15, -0.1) is 11.3 Å². The smallest absolute Gasteiger partial charge is 0.265 e. The first-order chi connectivity index (χ1) is 9.27. The van der Waals surface area contributed by atoms with Gasteiger partial charge in [-0.2, -0.15) is 5.26 Å². The third-order valence-electron chi connectivity index (χ3n) is 3.69. The zero-order valence-electron chi connectivity index (χ0n) is 12.3. The Hall–Kier alpha value is -1.74. The number of carbonyl (C=O) groups is 1. The molecule has 6 heteroatoms. The first-order valence-corrected chi connectivity index (χ1v) is 7.41. The lowest BCUT2D eigenvalue weighted by molar-refractivity contribution is 0.0833. The van der Waals surface area contributed by atoms with Crippen LogP contribution in [0.3, 0.4) is 0 Å². The summed E-state index contributed by atoms with van der Waals surface area (Å²) in [4.78, 5) is 14.0. The SMILES string of the molecule is CN(C)C(=O)c1sc(NC(C)(C)C2CC2)c(C#N)c1N. The average Bonchev–Trinajstić information content (AvgIpc) is 3.15. The maximum absolute atomic E-state index is 12.1. The summed E-state index contributed by atoms with van der Waals surface area (Å²) in [6.07, 6.45) is 2.40. The van der Waals surface area contributed by atoms with Gasteiger partial charge in [0.2, 0.25) is 0 Å². The lowest BCUT2D eigenvalue weighted by atomic mass is 9.99. The highest BCUT2D eigenvalue weighted by Gasteiger charge is 2.38. The molecule has 1 saturated carbocycles. The molecule has 0 unspecified atom stereocenters. The van der Waals surface area contributed by atoms with Gasteiger partial charge >= 0.3 is 0 Å². The minimum Gasteiger partial charge on any atom is -0.396 e. The second-order valence-electron chi connectivity index (χ2n) is 5.98. The third kappa shape index (κ3) is 2.59. The molecule has 108 valence electrons. The molecule has 1 aromatic heterocycles. The molecular weight excluding hydrogens is 272 g/mol. The molecular formula is C14H20N4OS. The van der Waals surface area contributed by atoms with E-state index in [0.717, 1.165) is 0 Å². The zero-order chi connectivity index (χ0) is 15.1. The fourth-order valence-electron chi connectivity index (χ4n) is 2.20. The van der Waals surface area contributed by atoms with E-state index >= 15 is 0 Å². The molecule has 0 bridgehead atoms. The summed E-state index contributed by atoms with van der Waals surface area (Å²) in [5.41, 5.74) is 6.55. The molecule has 1 aromatic rings. The number of thiophene rings is 1. The molecule has 0 aromatic carbocycles. The molecule has 1 amide bonds. The summed E-state index contributed by atoms with van der Waals surface area (Å²) < 4.78 is 0. The molecule has 3 N–H and O–H groups in total. The summed E-state index contributed by atoms with van der Waals surface area (Å²) in [7, 11) is 3.35. The van der Waals surface area contributed by atoms with Gasteiger partial charge in [-0.1, -0.05) is 0 Å². The van der Waals surface area contributed by atoms with Crippen LogP contribution in [0.5, 0.6) is 0 Å². The van der Waals surface area contributed by atoms with Crippen molar-refractivity contribution in [2.45, 2.75) is 32.2 Å². The number of amides is 1. The van der Waals surface area contributed by atoms with Crippen LogP contribution < -0.4 is 11.1 Å². The van der Waals surface area contributed by atoms with Gasteiger partial charge in [0.05, 0.1) is 5.69 Å². The standard InChI is InChI=1S/C14H20N4OS/c1-14(2,8-5-6-8)17-12-9(7-15)10(16)11(20-12)13(19)18(3)4/h8,17H,5-6,16H2,1-4H3. The Labute approximate surface area is 123 Å². The van der Waals surface area contributed by atoms with Crippen molar-refractivity contribution in [1.29, 1.82) is 5.26 Å². The number of hydrogen-bond donors (Lipinski definition) is 2. The van der Waals surface area contributed by atoms with Crippen molar-refractivity contribution in [3.05, 3.63) is 10.4 Å². The van der Waals surface area contributed by atoms with E-state index in [2.05, 4.69) is 25.2 Å². The maximum atomic E-state index is 12.1. The minimum absolute atomic E-state index is 0.0820. The van der Waals surface area contributed by atoms with Gasteiger partial charge in [-0.3, -0.25) is 4.79 Å². The predicted octanol–water partition coefficient (Wildman–Crippen LogP) is 2.50. The quantitative estimate of drug-likeness (QED) is 0.893. The zero-order valence-corrected chi connectivity index (χ0v) is 13.1. The fourth-order valence-corrected chi connectivity index (χ4v) is 3.46. The monoisotopic (exact) mass is 292 g/mol. The molecule has 2 rings (SSSR count). The normalized spacial score (nSPS) is 14.8. The lowest BCUT2D eigenvalue weighted by Gasteiger charge is -2.26. The topological polar surface area (TPSA) is 82.2 Å². The van der Waals surface area contributed by atoms with E-state index in [1.165, 1.54) is 29.1 Å². The number of carbonyl (C=O) groups excluding carboxylic acids is 1. The summed E-state index contributed by atoms with van der Waals surface area (Å²) in [6.45, 7) is 4.24. The number of nitrogens with zero attached hydrogens (tertiary/aromatic N) is 2. The largest absolute Gasteiger partial charge is 0.396 e. The Bertz CT molecular complexity index is 579. The van der Waals surface area contributed by atoms with E-state index in [1.807, 2.05) is 0 Å². The van der Waals surface area contributed by atoms with Crippen molar-refractivity contribution >= 4 is 27.9 Å². The Kier molecular flexibility index (Phi) is 3.65. The summed E-state index contributed by atoms with van der Waals surface area (Å²) in [6, 6.07) is 2.11. The van der Waals surface area contributed by atoms with E-state index in [4.69, 9.17) is 5.73 Å². The van der Waals surface area contributed by atoms with Gasteiger partial charge in [0.1, 0.15) is 21.5 Å². The number of nitriles is 1. The van der Waals surface area contributed by atoms with E-state index in [0.29, 0.717) is 21.4 Å².